The number of nitrogens with two attached hydrogens (primary N) is 1. The van der Waals surface area contributed by atoms with Gasteiger partial charge in [0.1, 0.15) is 12.5 Å². The van der Waals surface area contributed by atoms with Crippen LogP contribution >= 0.6 is 0 Å². The third-order valence-electron chi connectivity index (χ3n) is 1.54. The van der Waals surface area contributed by atoms with Gasteiger partial charge < -0.3 is 4.74 Å². The summed E-state index contributed by atoms with van der Waals surface area (Å²) >= 11 is 0. The predicted octanol–water partition coefficient (Wildman–Crippen LogP) is 0.334. The Morgan fingerprint density at radius 1 is 1.38 bits per heavy atom. The first-order valence-corrected chi connectivity index (χ1v) is 3.88. The highest BCUT2D eigenvalue weighted by Gasteiger charge is 1.98. The summed E-state index contributed by atoms with van der Waals surface area (Å²) in [6.45, 7) is 0.136. The summed E-state index contributed by atoms with van der Waals surface area (Å²) in [5, 5.41) is 0. The SMILES string of the molecule is [NH]C(=O)Cc1ccc(OCN)cc1. The molecule has 0 spiro atoms. The fraction of sp³-hybridized carbons (Fsp3) is 0.222. The predicted molar refractivity (Wildman–Crippen MR) is 47.9 cm³/mol. The van der Waals surface area contributed by atoms with E-state index >= 15 is 0 Å². The van der Waals surface area contributed by atoms with Gasteiger partial charge in [-0.3, -0.25) is 16.3 Å². The number of benzene rings is 1. The second-order valence-electron chi connectivity index (χ2n) is 2.55. The Hall–Kier alpha value is -1.55. The van der Waals surface area contributed by atoms with Crippen LogP contribution in [-0.2, 0) is 11.2 Å². The second kappa shape index (κ2) is 4.47. The molecule has 0 aliphatic rings. The molecule has 0 fully saturated rings. The van der Waals surface area contributed by atoms with Gasteiger partial charge in [0.15, 0.2) is 0 Å². The van der Waals surface area contributed by atoms with Crippen molar-refractivity contribution in [2.45, 2.75) is 6.42 Å². The van der Waals surface area contributed by atoms with Crippen LogP contribution in [0.15, 0.2) is 24.3 Å². The van der Waals surface area contributed by atoms with Gasteiger partial charge in [-0.25, -0.2) is 0 Å². The van der Waals surface area contributed by atoms with Crippen molar-refractivity contribution in [3.05, 3.63) is 29.8 Å². The van der Waals surface area contributed by atoms with E-state index in [1.165, 1.54) is 0 Å². The third-order valence-corrected chi connectivity index (χ3v) is 1.54. The van der Waals surface area contributed by atoms with E-state index in [-0.39, 0.29) is 13.2 Å². The average molecular weight is 179 g/mol. The molecule has 0 atom stereocenters. The van der Waals surface area contributed by atoms with Gasteiger partial charge in [0, 0.05) is 0 Å². The zero-order chi connectivity index (χ0) is 9.68. The summed E-state index contributed by atoms with van der Waals surface area (Å²) in [6, 6.07) is 6.95. The molecule has 1 radical (unpaired) electrons. The first-order chi connectivity index (χ1) is 6.22. The zero-order valence-electron chi connectivity index (χ0n) is 7.12. The number of nitrogens with one attached hydrogen (secondary N) is 1. The van der Waals surface area contributed by atoms with E-state index in [0.717, 1.165) is 5.56 Å². The molecule has 0 unspecified atom stereocenters. The molecule has 4 nitrogen and oxygen atoms in total. The van der Waals surface area contributed by atoms with Crippen molar-refractivity contribution in [1.29, 1.82) is 0 Å². The molecule has 13 heavy (non-hydrogen) atoms. The summed E-state index contributed by atoms with van der Waals surface area (Å²) in [5.41, 5.74) is 12.7. The molecular formula is C9H11N2O2. The van der Waals surface area contributed by atoms with Crippen molar-refractivity contribution >= 4 is 5.91 Å². The first kappa shape index (κ1) is 9.54. The van der Waals surface area contributed by atoms with Crippen LogP contribution in [0.25, 0.3) is 0 Å². The van der Waals surface area contributed by atoms with Gasteiger partial charge in [-0.1, -0.05) is 12.1 Å². The Balaban J connectivity index is 2.64. The van der Waals surface area contributed by atoms with E-state index in [4.69, 9.17) is 16.2 Å². The third kappa shape index (κ3) is 3.13. The Morgan fingerprint density at radius 2 is 2.00 bits per heavy atom. The lowest BCUT2D eigenvalue weighted by atomic mass is 10.1. The zero-order valence-corrected chi connectivity index (χ0v) is 7.12. The highest BCUT2D eigenvalue weighted by molar-refractivity contribution is 5.75. The number of carbonyl (C=O) groups is 1. The topological polar surface area (TPSA) is 76.1 Å². The molecule has 3 N–H and O–H groups in total. The first-order valence-electron chi connectivity index (χ1n) is 3.88. The van der Waals surface area contributed by atoms with E-state index < -0.39 is 5.91 Å². The number of amides is 1. The molecule has 0 saturated heterocycles. The van der Waals surface area contributed by atoms with Crippen LogP contribution in [-0.4, -0.2) is 12.6 Å². The van der Waals surface area contributed by atoms with Gasteiger partial charge in [0.2, 0.25) is 5.91 Å². The molecule has 4 heteroatoms. The normalized spacial score (nSPS) is 9.62. The minimum atomic E-state index is -0.590. The average Bonchev–Trinajstić information content (AvgIpc) is 2.08. The molecule has 0 aliphatic carbocycles. The highest BCUT2D eigenvalue weighted by Crippen LogP contribution is 2.11. The number of hydrogen-bond donors (Lipinski definition) is 1. The lowest BCUT2D eigenvalue weighted by Gasteiger charge is -2.02. The molecular weight excluding hydrogens is 168 g/mol. The molecule has 1 rings (SSSR count). The van der Waals surface area contributed by atoms with Gasteiger partial charge >= 0.3 is 0 Å². The van der Waals surface area contributed by atoms with Crippen LogP contribution in [0, 0.1) is 0 Å². The van der Waals surface area contributed by atoms with Crippen LogP contribution in [0.2, 0.25) is 0 Å². The maximum Gasteiger partial charge on any atom is 0.242 e. The van der Waals surface area contributed by atoms with Crippen molar-refractivity contribution in [3.8, 4) is 5.75 Å². The van der Waals surface area contributed by atoms with Crippen molar-refractivity contribution in [2.24, 2.45) is 5.73 Å². The molecule has 1 amide bonds. The minimum absolute atomic E-state index is 0.136. The lowest BCUT2D eigenvalue weighted by Crippen LogP contribution is -2.07. The molecule has 0 aliphatic heterocycles. The highest BCUT2D eigenvalue weighted by atomic mass is 16.5. The summed E-state index contributed by atoms with van der Waals surface area (Å²) in [7, 11) is 0. The van der Waals surface area contributed by atoms with Crippen LogP contribution in [0.5, 0.6) is 5.75 Å². The largest absolute Gasteiger partial charge is 0.479 e. The molecule has 0 saturated carbocycles. The van der Waals surface area contributed by atoms with Crippen LogP contribution < -0.4 is 16.2 Å². The Kier molecular flexibility index (Phi) is 3.28. The van der Waals surface area contributed by atoms with E-state index in [1.54, 1.807) is 24.3 Å². The van der Waals surface area contributed by atoms with Gasteiger partial charge in [0.05, 0.1) is 6.42 Å². The van der Waals surface area contributed by atoms with Gasteiger partial charge in [-0.15, -0.1) is 0 Å². The van der Waals surface area contributed by atoms with Crippen molar-refractivity contribution < 1.29 is 9.53 Å². The molecule has 0 aromatic heterocycles. The second-order valence-corrected chi connectivity index (χ2v) is 2.55. The molecule has 1 aromatic rings. The molecule has 0 bridgehead atoms. The molecule has 69 valence electrons. The summed E-state index contributed by atoms with van der Waals surface area (Å²) in [5.74, 6) is 0.0798. The number of hydrogen-bond acceptors (Lipinski definition) is 3. The lowest BCUT2D eigenvalue weighted by molar-refractivity contribution is -0.118. The maximum absolute atomic E-state index is 10.4. The van der Waals surface area contributed by atoms with Crippen molar-refractivity contribution in [1.82, 2.24) is 5.73 Å². The number of rotatable bonds is 4. The summed E-state index contributed by atoms with van der Waals surface area (Å²) in [4.78, 5) is 10.4. The van der Waals surface area contributed by atoms with Gasteiger partial charge in [-0.2, -0.15) is 0 Å². The number of carbonyl (C=O) groups excluding carboxylic acids is 1. The minimum Gasteiger partial charge on any atom is -0.479 e. The summed E-state index contributed by atoms with van der Waals surface area (Å²) in [6.07, 6.45) is 0.142. The maximum atomic E-state index is 10.4. The van der Waals surface area contributed by atoms with Gasteiger partial charge in [0.25, 0.3) is 0 Å². The standard InChI is InChI=1S/C9H11N2O2/c10-6-13-8-3-1-7(2-4-8)5-9(11)12/h1-4,11H,5-6,10H2. The number of ether oxygens (including phenoxy) is 1. The van der Waals surface area contributed by atoms with E-state index in [1.807, 2.05) is 0 Å². The molecule has 0 heterocycles. The Labute approximate surface area is 76.5 Å². The monoisotopic (exact) mass is 179 g/mol. The smallest absolute Gasteiger partial charge is 0.242 e. The van der Waals surface area contributed by atoms with Crippen molar-refractivity contribution in [2.75, 3.05) is 6.73 Å². The van der Waals surface area contributed by atoms with Crippen LogP contribution in [0.4, 0.5) is 0 Å². The summed E-state index contributed by atoms with van der Waals surface area (Å²) < 4.78 is 5.01. The Bertz CT molecular complexity index is 282. The molecule has 1 aromatic carbocycles. The van der Waals surface area contributed by atoms with Crippen molar-refractivity contribution in [3.63, 3.8) is 0 Å². The quantitative estimate of drug-likeness (QED) is 0.677. The van der Waals surface area contributed by atoms with Gasteiger partial charge in [-0.05, 0) is 17.7 Å². The Morgan fingerprint density at radius 3 is 2.46 bits per heavy atom. The fourth-order valence-electron chi connectivity index (χ4n) is 0.985. The van der Waals surface area contributed by atoms with E-state index in [0.29, 0.717) is 5.75 Å². The van der Waals surface area contributed by atoms with Crippen LogP contribution in [0.1, 0.15) is 5.56 Å². The fourth-order valence-corrected chi connectivity index (χ4v) is 0.985. The van der Waals surface area contributed by atoms with E-state index in [2.05, 4.69) is 0 Å². The van der Waals surface area contributed by atoms with E-state index in [9.17, 15) is 4.79 Å². The van der Waals surface area contributed by atoms with Crippen LogP contribution in [0.3, 0.4) is 0 Å².